The van der Waals surface area contributed by atoms with Gasteiger partial charge in [0.05, 0.1) is 19.6 Å². The Bertz CT molecular complexity index is 862. The summed E-state index contributed by atoms with van der Waals surface area (Å²) >= 11 is 0. The Labute approximate surface area is 162 Å². The molecule has 0 bridgehead atoms. The maximum absolute atomic E-state index is 11.9. The first-order chi connectivity index (χ1) is 13.3. The van der Waals surface area contributed by atoms with E-state index in [9.17, 15) is 19.5 Å². The molecule has 2 aliphatic heterocycles. The van der Waals surface area contributed by atoms with Crippen LogP contribution in [0.15, 0.2) is 47.8 Å². The van der Waals surface area contributed by atoms with Crippen molar-refractivity contribution in [1.29, 1.82) is 0 Å². The second-order valence-corrected chi connectivity index (χ2v) is 6.67. The number of methoxy groups -OCH3 is 1. The third-order valence-corrected chi connectivity index (χ3v) is 4.87. The zero-order valence-electron chi connectivity index (χ0n) is 15.6. The van der Waals surface area contributed by atoms with Crippen LogP contribution in [0.5, 0.6) is 5.75 Å². The Morgan fingerprint density at radius 1 is 1.36 bits per heavy atom. The van der Waals surface area contributed by atoms with Crippen LogP contribution in [0.4, 0.5) is 4.79 Å². The van der Waals surface area contributed by atoms with Crippen molar-refractivity contribution in [2.75, 3.05) is 20.7 Å². The van der Waals surface area contributed by atoms with Gasteiger partial charge in [0, 0.05) is 13.6 Å². The average molecular weight is 386 g/mol. The molecular weight excluding hydrogens is 364 g/mol. The number of nitrogens with zero attached hydrogens (tertiary/aromatic N) is 2. The van der Waals surface area contributed by atoms with Crippen LogP contribution in [0.1, 0.15) is 5.56 Å². The number of carboxylic acid groups (broad SMARTS) is 1. The first-order valence-corrected chi connectivity index (χ1v) is 8.67. The predicted octanol–water partition coefficient (Wildman–Crippen LogP) is 0.488. The van der Waals surface area contributed by atoms with E-state index in [1.54, 1.807) is 55.5 Å². The molecule has 2 atom stereocenters. The Morgan fingerprint density at radius 2 is 2.04 bits per heavy atom. The minimum Gasteiger partial charge on any atom is -0.497 e. The van der Waals surface area contributed by atoms with E-state index in [0.717, 1.165) is 5.56 Å². The number of likely N-dealkylation sites (N-methyl/N-ethyl adjacent to an activating group) is 1. The van der Waals surface area contributed by atoms with Crippen LogP contribution in [0, 0.1) is 5.92 Å². The molecule has 1 saturated heterocycles. The highest BCUT2D eigenvalue weighted by Gasteiger charge is 2.45. The summed E-state index contributed by atoms with van der Waals surface area (Å²) in [6, 6.07) is 6.32. The summed E-state index contributed by atoms with van der Waals surface area (Å²) in [5.74, 6) is -0.514. The van der Waals surface area contributed by atoms with E-state index in [4.69, 9.17) is 10.5 Å². The molecular formula is C19H22N4O5. The lowest BCUT2D eigenvalue weighted by molar-refractivity contribution is -0.140. The first kappa shape index (κ1) is 19.3. The quantitative estimate of drug-likeness (QED) is 0.611. The summed E-state index contributed by atoms with van der Waals surface area (Å²) in [5, 5.41) is 12.2. The van der Waals surface area contributed by atoms with Gasteiger partial charge in [0.2, 0.25) is 11.8 Å². The van der Waals surface area contributed by atoms with Crippen molar-refractivity contribution in [1.82, 2.24) is 15.1 Å². The van der Waals surface area contributed by atoms with Gasteiger partial charge in [-0.25, -0.2) is 4.79 Å². The van der Waals surface area contributed by atoms with Crippen molar-refractivity contribution in [2.45, 2.75) is 12.6 Å². The molecule has 3 rings (SSSR count). The van der Waals surface area contributed by atoms with Gasteiger partial charge in [-0.2, -0.15) is 0 Å². The Morgan fingerprint density at radius 3 is 2.57 bits per heavy atom. The van der Waals surface area contributed by atoms with E-state index < -0.39 is 24.0 Å². The topological polar surface area (TPSA) is 125 Å². The maximum Gasteiger partial charge on any atom is 0.413 e. The molecule has 148 valence electrons. The Kier molecular flexibility index (Phi) is 5.25. The number of nitrogens with one attached hydrogen (secondary N) is 1. The van der Waals surface area contributed by atoms with Gasteiger partial charge in [0.15, 0.2) is 0 Å². The molecule has 2 aliphatic rings. The highest BCUT2D eigenvalue weighted by atomic mass is 16.5. The van der Waals surface area contributed by atoms with Crippen molar-refractivity contribution in [3.8, 4) is 5.75 Å². The first-order valence-electron chi connectivity index (χ1n) is 8.67. The molecule has 3 amide bonds. The van der Waals surface area contributed by atoms with Crippen molar-refractivity contribution >= 4 is 17.9 Å². The Hall–Kier alpha value is -3.49. The number of allylic oxidation sites excluding steroid dienone is 1. The van der Waals surface area contributed by atoms with Crippen LogP contribution >= 0.6 is 0 Å². The van der Waals surface area contributed by atoms with Gasteiger partial charge in [0.1, 0.15) is 17.6 Å². The van der Waals surface area contributed by atoms with E-state index in [2.05, 4.69) is 5.32 Å². The van der Waals surface area contributed by atoms with Crippen molar-refractivity contribution in [3.05, 3.63) is 53.4 Å². The van der Waals surface area contributed by atoms with Crippen LogP contribution in [0.2, 0.25) is 0 Å². The number of nitrogens with two attached hydrogens (primary N) is 1. The summed E-state index contributed by atoms with van der Waals surface area (Å²) in [5.41, 5.74) is 6.69. The monoisotopic (exact) mass is 386 g/mol. The lowest BCUT2D eigenvalue weighted by Crippen LogP contribution is -2.64. The van der Waals surface area contributed by atoms with Gasteiger partial charge in [-0.05, 0) is 29.3 Å². The molecule has 28 heavy (non-hydrogen) atoms. The fraction of sp³-hybridized carbons (Fsp3) is 0.316. The van der Waals surface area contributed by atoms with E-state index in [-0.39, 0.29) is 12.5 Å². The van der Waals surface area contributed by atoms with Crippen LogP contribution < -0.4 is 15.8 Å². The molecule has 0 spiro atoms. The van der Waals surface area contributed by atoms with E-state index in [1.165, 1.54) is 4.90 Å². The number of hydrogen-bond acceptors (Lipinski definition) is 5. The number of primary amides is 1. The minimum absolute atomic E-state index is 0.124. The van der Waals surface area contributed by atoms with Crippen molar-refractivity contribution in [3.63, 3.8) is 0 Å². The zero-order valence-corrected chi connectivity index (χ0v) is 15.6. The summed E-state index contributed by atoms with van der Waals surface area (Å²) in [7, 11) is 3.32. The molecule has 0 saturated carbocycles. The smallest absolute Gasteiger partial charge is 0.413 e. The minimum atomic E-state index is -1.13. The molecule has 0 unspecified atom stereocenters. The predicted molar refractivity (Wildman–Crippen MR) is 100.0 cm³/mol. The molecule has 0 radical (unpaired) electrons. The average Bonchev–Trinajstić information content (AvgIpc) is 2.65. The van der Waals surface area contributed by atoms with Crippen LogP contribution in [0.3, 0.4) is 0 Å². The highest BCUT2D eigenvalue weighted by Crippen LogP contribution is 2.30. The molecule has 1 aromatic rings. The fourth-order valence-electron chi connectivity index (χ4n) is 3.28. The van der Waals surface area contributed by atoms with Crippen molar-refractivity contribution in [2.24, 2.45) is 11.7 Å². The maximum atomic E-state index is 11.9. The van der Waals surface area contributed by atoms with Gasteiger partial charge in [0.25, 0.3) is 0 Å². The molecule has 1 aromatic carbocycles. The second kappa shape index (κ2) is 7.63. The molecule has 9 heteroatoms. The largest absolute Gasteiger partial charge is 0.497 e. The second-order valence-electron chi connectivity index (χ2n) is 6.67. The molecule has 1 fully saturated rings. The third-order valence-electron chi connectivity index (χ3n) is 4.87. The number of hydrogen-bond donors (Lipinski definition) is 3. The van der Waals surface area contributed by atoms with Gasteiger partial charge in [-0.15, -0.1) is 0 Å². The number of carbonyl (C=O) groups excluding carboxylic acids is 2. The van der Waals surface area contributed by atoms with E-state index >= 15 is 0 Å². The number of carbonyl (C=O) groups is 3. The number of β-lactam (4-membered cyclic amide) rings is 1. The highest BCUT2D eigenvalue weighted by molar-refractivity contribution is 6.00. The fourth-order valence-corrected chi connectivity index (χ4v) is 3.28. The lowest BCUT2D eigenvalue weighted by atomic mass is 9.82. The summed E-state index contributed by atoms with van der Waals surface area (Å²) in [6.45, 7) is 0.529. The number of ether oxygens (including phenoxy) is 1. The van der Waals surface area contributed by atoms with E-state index in [1.807, 2.05) is 0 Å². The molecule has 9 nitrogen and oxygen atoms in total. The molecule has 0 aromatic heterocycles. The van der Waals surface area contributed by atoms with Gasteiger partial charge >= 0.3 is 6.09 Å². The molecule has 4 N–H and O–H groups in total. The third kappa shape index (κ3) is 3.64. The normalized spacial score (nSPS) is 21.1. The van der Waals surface area contributed by atoms with Crippen LogP contribution in [-0.2, 0) is 16.1 Å². The van der Waals surface area contributed by atoms with Crippen LogP contribution in [-0.4, -0.2) is 59.6 Å². The number of rotatable bonds is 6. The van der Waals surface area contributed by atoms with E-state index in [0.29, 0.717) is 23.7 Å². The Balaban J connectivity index is 1.87. The summed E-state index contributed by atoms with van der Waals surface area (Å²) in [6.07, 6.45) is 2.30. The summed E-state index contributed by atoms with van der Waals surface area (Å²) < 4.78 is 5.12. The van der Waals surface area contributed by atoms with Crippen molar-refractivity contribution < 1.29 is 24.2 Å². The molecule has 0 aliphatic carbocycles. The van der Waals surface area contributed by atoms with Gasteiger partial charge in [-0.1, -0.05) is 18.2 Å². The summed E-state index contributed by atoms with van der Waals surface area (Å²) in [4.78, 5) is 38.3. The molecule has 2 heterocycles. The zero-order chi connectivity index (χ0) is 20.4. The number of benzene rings is 1. The number of amides is 3. The van der Waals surface area contributed by atoms with Gasteiger partial charge in [-0.3, -0.25) is 14.5 Å². The van der Waals surface area contributed by atoms with Gasteiger partial charge < -0.3 is 25.8 Å². The standard InChI is InChI=1S/C19H22N4O5/c1-22-8-7-12(15-16(17(20)24)21-18(15)25)9-14(22)23(19(26)27)10-11-3-5-13(28-2)6-4-11/h3-7,9,15-16H,8,10H2,1-2H3,(H2,20,24)(H,21,25)(H,26,27)/t15-,16+/m1/s1. The lowest BCUT2D eigenvalue weighted by Gasteiger charge is -2.39. The van der Waals surface area contributed by atoms with Crippen LogP contribution in [0.25, 0.3) is 0 Å². The SMILES string of the molecule is COc1ccc(CN(C(=O)O)C2=CC([C@H]3C(=O)N[C@@H]3C(N)=O)=CCN2C)cc1.